The first-order chi connectivity index (χ1) is 8.25. The highest BCUT2D eigenvalue weighted by molar-refractivity contribution is 5.88. The zero-order chi connectivity index (χ0) is 11.8. The Morgan fingerprint density at radius 3 is 2.71 bits per heavy atom. The van der Waals surface area contributed by atoms with Crippen molar-refractivity contribution >= 4 is 10.8 Å². The molecule has 0 saturated heterocycles. The molecule has 3 aromatic rings. The molecule has 0 bridgehead atoms. The summed E-state index contributed by atoms with van der Waals surface area (Å²) in [5.41, 5.74) is 1.40. The number of halogens is 1. The predicted octanol–water partition coefficient (Wildman–Crippen LogP) is 3.38. The van der Waals surface area contributed by atoms with Crippen molar-refractivity contribution < 1.29 is 4.39 Å². The zero-order valence-corrected chi connectivity index (χ0v) is 9.39. The summed E-state index contributed by atoms with van der Waals surface area (Å²) < 4.78 is 16.0. The van der Waals surface area contributed by atoms with Gasteiger partial charge in [0.05, 0.1) is 6.20 Å². The van der Waals surface area contributed by atoms with Crippen molar-refractivity contribution in [1.29, 1.82) is 0 Å². The maximum atomic E-state index is 14.3. The lowest BCUT2D eigenvalue weighted by Crippen LogP contribution is -1.86. The Morgan fingerprint density at radius 2 is 1.94 bits per heavy atom. The molecule has 0 fully saturated rings. The second-order valence-corrected chi connectivity index (χ2v) is 4.05. The normalized spacial score (nSPS) is 10.9. The third-order valence-electron chi connectivity index (χ3n) is 2.88. The fraction of sp³-hybridized carbons (Fsp3) is 0.0714. The lowest BCUT2D eigenvalue weighted by atomic mass is 10.0. The monoisotopic (exact) mass is 226 g/mol. The van der Waals surface area contributed by atoms with Crippen LogP contribution in [0.15, 0.2) is 48.8 Å². The Labute approximate surface area is 98.3 Å². The van der Waals surface area contributed by atoms with Gasteiger partial charge in [0.25, 0.3) is 0 Å². The van der Waals surface area contributed by atoms with Crippen molar-refractivity contribution in [3.8, 4) is 11.1 Å². The molecule has 17 heavy (non-hydrogen) atoms. The van der Waals surface area contributed by atoms with Gasteiger partial charge in [-0.3, -0.25) is 4.68 Å². The first-order valence-electron chi connectivity index (χ1n) is 5.42. The van der Waals surface area contributed by atoms with Crippen LogP contribution in [0.5, 0.6) is 0 Å². The van der Waals surface area contributed by atoms with Crippen LogP contribution in [0.1, 0.15) is 0 Å². The number of hydrogen-bond acceptors (Lipinski definition) is 1. The van der Waals surface area contributed by atoms with Gasteiger partial charge in [-0.2, -0.15) is 5.10 Å². The number of rotatable bonds is 1. The summed E-state index contributed by atoms with van der Waals surface area (Å²) in [4.78, 5) is 0. The molecule has 0 atom stereocenters. The first kappa shape index (κ1) is 10.0. The summed E-state index contributed by atoms with van der Waals surface area (Å²) >= 11 is 0. The number of nitrogens with zero attached hydrogens (tertiary/aromatic N) is 2. The Hall–Kier alpha value is -2.16. The highest BCUT2D eigenvalue weighted by Gasteiger charge is 2.09. The van der Waals surface area contributed by atoms with E-state index in [9.17, 15) is 4.39 Å². The summed E-state index contributed by atoms with van der Waals surface area (Å²) in [6.45, 7) is 0. The van der Waals surface area contributed by atoms with Crippen LogP contribution in [0.4, 0.5) is 4.39 Å². The maximum Gasteiger partial charge on any atom is 0.138 e. The molecule has 3 heteroatoms. The van der Waals surface area contributed by atoms with Gasteiger partial charge in [-0.25, -0.2) is 4.39 Å². The van der Waals surface area contributed by atoms with E-state index < -0.39 is 0 Å². The van der Waals surface area contributed by atoms with Crippen LogP contribution in [-0.4, -0.2) is 9.78 Å². The van der Waals surface area contributed by atoms with Crippen LogP contribution < -0.4 is 0 Å². The van der Waals surface area contributed by atoms with E-state index in [4.69, 9.17) is 0 Å². The lowest BCUT2D eigenvalue weighted by molar-refractivity contribution is 0.643. The van der Waals surface area contributed by atoms with Gasteiger partial charge in [-0.05, 0) is 5.39 Å². The summed E-state index contributed by atoms with van der Waals surface area (Å²) in [5, 5.41) is 5.63. The third-order valence-corrected chi connectivity index (χ3v) is 2.88. The number of fused-ring (bicyclic) bond motifs is 1. The van der Waals surface area contributed by atoms with E-state index in [1.807, 2.05) is 37.5 Å². The van der Waals surface area contributed by atoms with Crippen LogP contribution in [0.2, 0.25) is 0 Å². The lowest BCUT2D eigenvalue weighted by Gasteiger charge is -2.04. The van der Waals surface area contributed by atoms with Crippen LogP contribution in [0, 0.1) is 5.82 Å². The van der Waals surface area contributed by atoms with E-state index in [-0.39, 0.29) is 5.82 Å². The molecule has 0 spiro atoms. The molecule has 0 unspecified atom stereocenters. The number of aromatic nitrogens is 2. The highest BCUT2D eigenvalue weighted by Crippen LogP contribution is 2.28. The molecule has 0 radical (unpaired) electrons. The van der Waals surface area contributed by atoms with Crippen molar-refractivity contribution in [3.05, 3.63) is 54.6 Å². The Morgan fingerprint density at radius 1 is 1.12 bits per heavy atom. The fourth-order valence-corrected chi connectivity index (χ4v) is 2.02. The molecular weight excluding hydrogens is 215 g/mol. The van der Waals surface area contributed by atoms with Crippen LogP contribution in [0.25, 0.3) is 21.9 Å². The largest absolute Gasteiger partial charge is 0.275 e. The summed E-state index contributed by atoms with van der Waals surface area (Å²) in [6.07, 6.45) is 3.49. The van der Waals surface area contributed by atoms with Crippen LogP contribution >= 0.6 is 0 Å². The fourth-order valence-electron chi connectivity index (χ4n) is 2.02. The summed E-state index contributed by atoms with van der Waals surface area (Å²) in [6, 6.07) is 11.2. The minimum atomic E-state index is -0.184. The van der Waals surface area contributed by atoms with Gasteiger partial charge < -0.3 is 0 Å². The minimum absolute atomic E-state index is 0.184. The zero-order valence-electron chi connectivity index (χ0n) is 9.39. The Balaban J connectivity index is 2.28. The number of benzene rings is 2. The van der Waals surface area contributed by atoms with Gasteiger partial charge in [-0.15, -0.1) is 0 Å². The van der Waals surface area contributed by atoms with Gasteiger partial charge in [0.15, 0.2) is 0 Å². The molecule has 0 amide bonds. The second kappa shape index (κ2) is 3.70. The first-order valence-corrected chi connectivity index (χ1v) is 5.42. The van der Waals surface area contributed by atoms with E-state index in [1.165, 1.54) is 0 Å². The van der Waals surface area contributed by atoms with E-state index in [0.717, 1.165) is 10.9 Å². The van der Waals surface area contributed by atoms with Crippen LogP contribution in [0.3, 0.4) is 0 Å². The summed E-state index contributed by atoms with van der Waals surface area (Å²) in [5.74, 6) is -0.184. The van der Waals surface area contributed by atoms with Crippen molar-refractivity contribution in [3.63, 3.8) is 0 Å². The van der Waals surface area contributed by atoms with Crippen LogP contribution in [-0.2, 0) is 7.05 Å². The van der Waals surface area contributed by atoms with Gasteiger partial charge in [0, 0.05) is 29.8 Å². The SMILES string of the molecule is Cn1cc(-c2ccc3ccccc3c2F)cn1. The average molecular weight is 226 g/mol. The molecule has 0 saturated carbocycles. The van der Waals surface area contributed by atoms with Gasteiger partial charge in [0.1, 0.15) is 5.82 Å². The molecule has 0 aliphatic rings. The molecule has 2 nitrogen and oxygen atoms in total. The average Bonchev–Trinajstić information content (AvgIpc) is 2.77. The molecular formula is C14H11FN2. The number of aryl methyl sites for hydroxylation is 1. The molecule has 0 N–H and O–H groups in total. The van der Waals surface area contributed by atoms with E-state index in [2.05, 4.69) is 5.10 Å². The minimum Gasteiger partial charge on any atom is -0.275 e. The molecule has 2 aromatic carbocycles. The Kier molecular flexibility index (Phi) is 2.18. The highest BCUT2D eigenvalue weighted by atomic mass is 19.1. The standard InChI is InChI=1S/C14H11FN2/c1-17-9-11(8-16-17)13-7-6-10-4-2-3-5-12(10)14(13)15/h2-9H,1H3. The molecule has 1 heterocycles. The number of hydrogen-bond donors (Lipinski definition) is 0. The quantitative estimate of drug-likeness (QED) is 0.622. The molecule has 0 aliphatic carbocycles. The molecule has 84 valence electrons. The summed E-state index contributed by atoms with van der Waals surface area (Å²) in [7, 11) is 1.82. The van der Waals surface area contributed by atoms with Crippen molar-refractivity contribution in [2.75, 3.05) is 0 Å². The van der Waals surface area contributed by atoms with E-state index >= 15 is 0 Å². The van der Waals surface area contributed by atoms with E-state index in [1.54, 1.807) is 23.0 Å². The van der Waals surface area contributed by atoms with Gasteiger partial charge >= 0.3 is 0 Å². The van der Waals surface area contributed by atoms with Crippen molar-refractivity contribution in [2.24, 2.45) is 7.05 Å². The third kappa shape index (κ3) is 1.60. The maximum absolute atomic E-state index is 14.3. The molecule has 0 aliphatic heterocycles. The van der Waals surface area contributed by atoms with Crippen molar-refractivity contribution in [2.45, 2.75) is 0 Å². The van der Waals surface area contributed by atoms with Gasteiger partial charge in [-0.1, -0.05) is 36.4 Å². The van der Waals surface area contributed by atoms with Gasteiger partial charge in [0.2, 0.25) is 0 Å². The van der Waals surface area contributed by atoms with E-state index in [0.29, 0.717) is 10.9 Å². The Bertz CT molecular complexity index is 686. The van der Waals surface area contributed by atoms with Crippen molar-refractivity contribution in [1.82, 2.24) is 9.78 Å². The topological polar surface area (TPSA) is 17.8 Å². The second-order valence-electron chi connectivity index (χ2n) is 4.05. The smallest absolute Gasteiger partial charge is 0.138 e. The predicted molar refractivity (Wildman–Crippen MR) is 66.1 cm³/mol. The molecule has 3 rings (SSSR count). The molecule has 1 aromatic heterocycles.